The molecule has 2 N–H and O–H groups in total. The van der Waals surface area contributed by atoms with Crippen LogP contribution in [0.2, 0.25) is 0 Å². The van der Waals surface area contributed by atoms with Crippen molar-refractivity contribution < 1.29 is 19.4 Å². The number of nitrogens with zero attached hydrogens (tertiary/aromatic N) is 1. The molecule has 0 saturated heterocycles. The van der Waals surface area contributed by atoms with Crippen LogP contribution in [0.1, 0.15) is 31.2 Å². The van der Waals surface area contributed by atoms with E-state index >= 15 is 0 Å². The van der Waals surface area contributed by atoms with Gasteiger partial charge in [-0.15, -0.1) is 0 Å². The van der Waals surface area contributed by atoms with Gasteiger partial charge in [0.1, 0.15) is 5.75 Å². The SMILES string of the molecule is CCOc1cccc([C@@H]2C[C@H]2NC(=O)N(C)CCC(=O)O)c1. The van der Waals surface area contributed by atoms with Gasteiger partial charge in [0.25, 0.3) is 0 Å². The van der Waals surface area contributed by atoms with Crippen LogP contribution in [-0.4, -0.2) is 48.2 Å². The van der Waals surface area contributed by atoms with Crippen molar-refractivity contribution in [2.45, 2.75) is 31.7 Å². The lowest BCUT2D eigenvalue weighted by molar-refractivity contribution is -0.137. The summed E-state index contributed by atoms with van der Waals surface area (Å²) in [5, 5.41) is 11.6. The van der Waals surface area contributed by atoms with E-state index in [1.54, 1.807) is 7.05 Å². The number of nitrogens with one attached hydrogen (secondary N) is 1. The molecule has 1 saturated carbocycles. The lowest BCUT2D eigenvalue weighted by Gasteiger charge is -2.17. The highest BCUT2D eigenvalue weighted by Gasteiger charge is 2.40. The second kappa shape index (κ2) is 7.15. The molecular formula is C16H22N2O4. The number of hydrogen-bond acceptors (Lipinski definition) is 3. The van der Waals surface area contributed by atoms with Crippen molar-refractivity contribution >= 4 is 12.0 Å². The Bertz CT molecular complexity index is 547. The monoisotopic (exact) mass is 306 g/mol. The standard InChI is InChI=1S/C16H22N2O4/c1-3-22-12-6-4-5-11(9-12)13-10-14(13)17-16(21)18(2)8-7-15(19)20/h4-6,9,13-14H,3,7-8,10H2,1-2H3,(H,17,21)(H,19,20)/t13-,14+/m0/s1. The summed E-state index contributed by atoms with van der Waals surface area (Å²) in [6, 6.07) is 7.80. The summed E-state index contributed by atoms with van der Waals surface area (Å²) in [7, 11) is 1.60. The van der Waals surface area contributed by atoms with E-state index in [0.717, 1.165) is 17.7 Å². The molecule has 2 amide bonds. The van der Waals surface area contributed by atoms with Crippen LogP contribution in [0, 0.1) is 0 Å². The molecule has 0 bridgehead atoms. The van der Waals surface area contributed by atoms with E-state index in [4.69, 9.17) is 9.84 Å². The molecule has 2 atom stereocenters. The molecule has 0 heterocycles. The number of urea groups is 1. The lowest BCUT2D eigenvalue weighted by atomic mass is 10.1. The Morgan fingerprint density at radius 3 is 2.91 bits per heavy atom. The van der Waals surface area contributed by atoms with Crippen LogP contribution in [0.5, 0.6) is 5.75 Å². The Morgan fingerprint density at radius 1 is 1.45 bits per heavy atom. The maximum Gasteiger partial charge on any atom is 0.317 e. The number of amides is 2. The van der Waals surface area contributed by atoms with E-state index in [0.29, 0.717) is 12.5 Å². The van der Waals surface area contributed by atoms with Crippen molar-refractivity contribution in [1.82, 2.24) is 10.2 Å². The number of aliphatic carboxylic acids is 1. The Balaban J connectivity index is 1.83. The van der Waals surface area contributed by atoms with E-state index in [9.17, 15) is 9.59 Å². The molecule has 1 aliphatic carbocycles. The van der Waals surface area contributed by atoms with E-state index < -0.39 is 5.97 Å². The molecule has 6 nitrogen and oxygen atoms in total. The predicted octanol–water partition coefficient (Wildman–Crippen LogP) is 2.06. The average Bonchev–Trinajstić information content (AvgIpc) is 3.24. The number of carbonyl (C=O) groups is 2. The van der Waals surface area contributed by atoms with Gasteiger partial charge in [0, 0.05) is 25.6 Å². The highest BCUT2D eigenvalue weighted by Crippen LogP contribution is 2.41. The van der Waals surface area contributed by atoms with E-state index in [-0.39, 0.29) is 25.0 Å². The van der Waals surface area contributed by atoms with Crippen LogP contribution in [0.25, 0.3) is 0 Å². The maximum atomic E-state index is 11.9. The molecule has 1 fully saturated rings. The van der Waals surface area contributed by atoms with Crippen LogP contribution in [0.4, 0.5) is 4.79 Å². The molecule has 1 aliphatic rings. The van der Waals surface area contributed by atoms with Gasteiger partial charge in [-0.05, 0) is 31.0 Å². The fraction of sp³-hybridized carbons (Fsp3) is 0.500. The Kier molecular flexibility index (Phi) is 5.25. The number of carbonyl (C=O) groups excluding carboxylic acids is 1. The van der Waals surface area contributed by atoms with Crippen molar-refractivity contribution in [3.8, 4) is 5.75 Å². The zero-order valence-corrected chi connectivity index (χ0v) is 12.9. The molecule has 2 rings (SSSR count). The summed E-state index contributed by atoms with van der Waals surface area (Å²) in [5.74, 6) is 0.240. The maximum absolute atomic E-state index is 11.9. The number of rotatable bonds is 7. The number of carboxylic acids is 1. The smallest absolute Gasteiger partial charge is 0.317 e. The third-order valence-electron chi connectivity index (χ3n) is 3.70. The normalized spacial score (nSPS) is 19.4. The fourth-order valence-corrected chi connectivity index (χ4v) is 2.36. The highest BCUT2D eigenvalue weighted by molar-refractivity contribution is 5.76. The van der Waals surface area contributed by atoms with Gasteiger partial charge >= 0.3 is 12.0 Å². The second-order valence-corrected chi connectivity index (χ2v) is 5.47. The Hall–Kier alpha value is -2.24. The van der Waals surface area contributed by atoms with Gasteiger partial charge in [-0.3, -0.25) is 4.79 Å². The molecule has 0 aromatic heterocycles. The fourth-order valence-electron chi connectivity index (χ4n) is 2.36. The first kappa shape index (κ1) is 16.1. The molecule has 0 radical (unpaired) electrons. The number of hydrogen-bond donors (Lipinski definition) is 2. The zero-order chi connectivity index (χ0) is 16.1. The largest absolute Gasteiger partial charge is 0.494 e. The predicted molar refractivity (Wildman–Crippen MR) is 82.2 cm³/mol. The van der Waals surface area contributed by atoms with E-state index in [2.05, 4.69) is 5.32 Å². The van der Waals surface area contributed by atoms with Crippen LogP contribution >= 0.6 is 0 Å². The molecule has 1 aromatic rings. The van der Waals surface area contributed by atoms with E-state index in [1.165, 1.54) is 4.90 Å². The number of carboxylic acid groups (broad SMARTS) is 1. The Labute approximate surface area is 130 Å². The minimum atomic E-state index is -0.906. The first-order valence-corrected chi connectivity index (χ1v) is 7.47. The van der Waals surface area contributed by atoms with Gasteiger partial charge in [-0.1, -0.05) is 12.1 Å². The van der Waals surface area contributed by atoms with Crippen molar-refractivity contribution in [2.75, 3.05) is 20.2 Å². The Morgan fingerprint density at radius 2 is 2.23 bits per heavy atom. The first-order chi connectivity index (χ1) is 10.5. The first-order valence-electron chi connectivity index (χ1n) is 7.47. The molecular weight excluding hydrogens is 284 g/mol. The van der Waals surface area contributed by atoms with Gasteiger partial charge in [0.15, 0.2) is 0 Å². The van der Waals surface area contributed by atoms with Crippen LogP contribution in [0.15, 0.2) is 24.3 Å². The summed E-state index contributed by atoms with van der Waals surface area (Å²) >= 11 is 0. The van der Waals surface area contributed by atoms with Gasteiger partial charge in [-0.2, -0.15) is 0 Å². The van der Waals surface area contributed by atoms with Crippen LogP contribution in [-0.2, 0) is 4.79 Å². The summed E-state index contributed by atoms with van der Waals surface area (Å²) < 4.78 is 5.48. The van der Waals surface area contributed by atoms with Crippen molar-refractivity contribution in [3.63, 3.8) is 0 Å². The second-order valence-electron chi connectivity index (χ2n) is 5.47. The quantitative estimate of drug-likeness (QED) is 0.808. The summed E-state index contributed by atoms with van der Waals surface area (Å²) in [4.78, 5) is 23.9. The number of ether oxygens (including phenoxy) is 1. The summed E-state index contributed by atoms with van der Waals surface area (Å²) in [6.45, 7) is 2.78. The van der Waals surface area contributed by atoms with Crippen LogP contribution in [0.3, 0.4) is 0 Å². The van der Waals surface area contributed by atoms with Gasteiger partial charge in [0.05, 0.1) is 13.0 Å². The molecule has 0 spiro atoms. The molecule has 6 heteroatoms. The summed E-state index contributed by atoms with van der Waals surface area (Å²) in [6.07, 6.45) is 0.850. The molecule has 22 heavy (non-hydrogen) atoms. The average molecular weight is 306 g/mol. The molecule has 120 valence electrons. The van der Waals surface area contributed by atoms with Crippen LogP contribution < -0.4 is 10.1 Å². The lowest BCUT2D eigenvalue weighted by Crippen LogP contribution is -2.39. The topological polar surface area (TPSA) is 78.9 Å². The van der Waals surface area contributed by atoms with Gasteiger partial charge in [0.2, 0.25) is 0 Å². The number of benzene rings is 1. The van der Waals surface area contributed by atoms with Gasteiger partial charge < -0.3 is 20.1 Å². The highest BCUT2D eigenvalue weighted by atomic mass is 16.5. The summed E-state index contributed by atoms with van der Waals surface area (Å²) in [5.41, 5.74) is 1.16. The third-order valence-corrected chi connectivity index (χ3v) is 3.70. The van der Waals surface area contributed by atoms with Crippen molar-refractivity contribution in [3.05, 3.63) is 29.8 Å². The molecule has 0 unspecified atom stereocenters. The zero-order valence-electron chi connectivity index (χ0n) is 12.9. The van der Waals surface area contributed by atoms with Gasteiger partial charge in [-0.25, -0.2) is 4.79 Å². The van der Waals surface area contributed by atoms with E-state index in [1.807, 2.05) is 31.2 Å². The minimum Gasteiger partial charge on any atom is -0.494 e. The van der Waals surface area contributed by atoms with Crippen molar-refractivity contribution in [1.29, 1.82) is 0 Å². The third kappa shape index (κ3) is 4.38. The molecule has 1 aromatic carbocycles. The van der Waals surface area contributed by atoms with Crippen molar-refractivity contribution in [2.24, 2.45) is 0 Å². The molecule has 0 aliphatic heterocycles. The minimum absolute atomic E-state index is 0.0472.